The average Bonchev–Trinajstić information content (AvgIpc) is 3.21. The van der Waals surface area contributed by atoms with Gasteiger partial charge in [-0.05, 0) is 0 Å². The number of amides is 1. The van der Waals surface area contributed by atoms with Crippen molar-refractivity contribution in [3.63, 3.8) is 0 Å². The first kappa shape index (κ1) is 23.3. The lowest BCUT2D eigenvalue weighted by Crippen LogP contribution is -2.40. The quantitative estimate of drug-likeness (QED) is 0.361. The fraction of sp³-hybridized carbons (Fsp3) is 0.500. The predicted octanol–water partition coefficient (Wildman–Crippen LogP) is 0.762. The highest BCUT2D eigenvalue weighted by Crippen LogP contribution is 2.36. The van der Waals surface area contributed by atoms with Gasteiger partial charge in [0.15, 0.2) is 29.2 Å². The Hall–Kier alpha value is -3.32. The molecule has 0 unspecified atom stereocenters. The van der Waals surface area contributed by atoms with Crippen LogP contribution in [0.5, 0.6) is 0 Å². The maximum absolute atomic E-state index is 11.8. The number of hydrogen-bond acceptors (Lipinski definition) is 11. The molecule has 0 spiro atoms. The number of aromatic nitrogens is 4. The number of hydrogen-bond donors (Lipinski definition) is 1. The minimum atomic E-state index is -1.13. The molecule has 0 radical (unpaired) electrons. The highest BCUT2D eigenvalue weighted by atomic mass is 35.5. The van der Waals surface area contributed by atoms with E-state index in [0.29, 0.717) is 0 Å². The molecule has 1 saturated heterocycles. The third-order valence-corrected chi connectivity index (χ3v) is 4.54. The van der Waals surface area contributed by atoms with Gasteiger partial charge >= 0.3 is 17.9 Å². The summed E-state index contributed by atoms with van der Waals surface area (Å²) in [4.78, 5) is 58.5. The molecule has 1 N–H and O–H groups in total. The van der Waals surface area contributed by atoms with E-state index in [-0.39, 0.29) is 28.9 Å². The molecule has 0 aromatic carbocycles. The molecule has 1 fully saturated rings. The summed E-state index contributed by atoms with van der Waals surface area (Å²) in [5.41, 5.74) is 0.351. The van der Waals surface area contributed by atoms with Crippen LogP contribution in [0.15, 0.2) is 6.33 Å². The molecule has 0 saturated carbocycles. The zero-order chi connectivity index (χ0) is 23.6. The Morgan fingerprint density at radius 3 is 2.31 bits per heavy atom. The summed E-state index contributed by atoms with van der Waals surface area (Å²) in [5, 5.41) is 2.39. The Labute approximate surface area is 186 Å². The number of nitrogens with one attached hydrogen (secondary N) is 1. The molecule has 1 aliphatic heterocycles. The molecular formula is C18H20ClN5O8. The van der Waals surface area contributed by atoms with E-state index in [9.17, 15) is 19.2 Å². The summed E-state index contributed by atoms with van der Waals surface area (Å²) in [6, 6.07) is 0. The molecule has 3 heterocycles. The van der Waals surface area contributed by atoms with Gasteiger partial charge in [-0.3, -0.25) is 29.1 Å². The first-order valence-corrected chi connectivity index (χ1v) is 9.75. The van der Waals surface area contributed by atoms with Crippen molar-refractivity contribution < 1.29 is 38.1 Å². The van der Waals surface area contributed by atoms with Crippen molar-refractivity contribution in [1.82, 2.24) is 19.5 Å². The number of carbonyl (C=O) groups is 4. The summed E-state index contributed by atoms with van der Waals surface area (Å²) in [5.74, 6) is -2.39. The van der Waals surface area contributed by atoms with E-state index < -0.39 is 48.4 Å². The molecule has 32 heavy (non-hydrogen) atoms. The van der Waals surface area contributed by atoms with Gasteiger partial charge in [0.05, 0.1) is 6.33 Å². The third kappa shape index (κ3) is 5.11. The topological polar surface area (TPSA) is 161 Å². The Kier molecular flexibility index (Phi) is 6.89. The van der Waals surface area contributed by atoms with Gasteiger partial charge in [0.1, 0.15) is 18.2 Å². The lowest BCUT2D eigenvalue weighted by atomic mass is 10.1. The fourth-order valence-electron chi connectivity index (χ4n) is 3.20. The van der Waals surface area contributed by atoms with Gasteiger partial charge in [0.2, 0.25) is 11.9 Å². The van der Waals surface area contributed by atoms with E-state index in [1.165, 1.54) is 38.6 Å². The highest BCUT2D eigenvalue weighted by Gasteiger charge is 2.51. The number of halogens is 1. The fourth-order valence-corrected chi connectivity index (χ4v) is 3.41. The first-order valence-electron chi connectivity index (χ1n) is 9.37. The van der Waals surface area contributed by atoms with Crippen LogP contribution < -0.4 is 5.32 Å². The van der Waals surface area contributed by atoms with Gasteiger partial charge in [-0.25, -0.2) is 4.98 Å². The molecule has 4 atom stereocenters. The van der Waals surface area contributed by atoms with Crippen LogP contribution in [0, 0.1) is 0 Å². The van der Waals surface area contributed by atoms with Gasteiger partial charge in [0.25, 0.3) is 0 Å². The van der Waals surface area contributed by atoms with Crippen molar-refractivity contribution in [2.45, 2.75) is 52.2 Å². The van der Waals surface area contributed by atoms with E-state index in [0.717, 1.165) is 0 Å². The van der Waals surface area contributed by atoms with Crippen LogP contribution in [0.4, 0.5) is 5.95 Å². The number of carbonyl (C=O) groups excluding carboxylic acids is 4. The Bertz CT molecular complexity index is 1070. The van der Waals surface area contributed by atoms with Crippen molar-refractivity contribution in [3.05, 3.63) is 11.5 Å². The van der Waals surface area contributed by atoms with Crippen molar-refractivity contribution in [1.29, 1.82) is 0 Å². The van der Waals surface area contributed by atoms with E-state index in [4.69, 9.17) is 30.5 Å². The zero-order valence-corrected chi connectivity index (χ0v) is 18.3. The summed E-state index contributed by atoms with van der Waals surface area (Å²) in [6.07, 6.45) is -2.94. The molecule has 14 heteroatoms. The van der Waals surface area contributed by atoms with Gasteiger partial charge in [-0.1, -0.05) is 11.6 Å². The maximum Gasteiger partial charge on any atom is 0.303 e. The maximum atomic E-state index is 11.8. The summed E-state index contributed by atoms with van der Waals surface area (Å²) in [6.45, 7) is 4.59. The standard InChI is InChI=1S/C18H20ClN5O8/c1-7(25)21-18-22-15(19)12-16(23-18)24(6-20-12)17-14(31-10(4)28)13(30-9(3)27)11(32-17)5-29-8(2)26/h6,11,13-14,17H,5H2,1-4H3,(H,21,22,23,25)/t11-,13+,14+,17+/m1/s1. The normalized spacial score (nSPS) is 22.4. The van der Waals surface area contributed by atoms with Crippen LogP contribution in [0.3, 0.4) is 0 Å². The van der Waals surface area contributed by atoms with Gasteiger partial charge in [0, 0.05) is 27.7 Å². The van der Waals surface area contributed by atoms with Crippen molar-refractivity contribution in [2.75, 3.05) is 11.9 Å². The number of nitrogens with zero attached hydrogens (tertiary/aromatic N) is 4. The van der Waals surface area contributed by atoms with E-state index in [1.807, 2.05) is 0 Å². The monoisotopic (exact) mass is 469 g/mol. The van der Waals surface area contributed by atoms with Gasteiger partial charge < -0.3 is 18.9 Å². The number of esters is 3. The zero-order valence-electron chi connectivity index (χ0n) is 17.5. The van der Waals surface area contributed by atoms with Crippen LogP contribution in [-0.2, 0) is 38.1 Å². The molecule has 1 aliphatic rings. The molecule has 0 aliphatic carbocycles. The van der Waals surface area contributed by atoms with Crippen LogP contribution in [0.25, 0.3) is 11.2 Å². The van der Waals surface area contributed by atoms with Crippen molar-refractivity contribution >= 4 is 52.5 Å². The molecule has 2 aromatic rings. The molecule has 3 rings (SSSR count). The molecule has 0 bridgehead atoms. The van der Waals surface area contributed by atoms with Crippen LogP contribution >= 0.6 is 11.6 Å². The third-order valence-electron chi connectivity index (χ3n) is 4.28. The SMILES string of the molecule is CC(=O)Nc1nc(Cl)c2ncn([C@H]3O[C@H](COC(C)=O)[C@H](OC(C)=O)[C@@H]3OC(C)=O)c2n1. The molecule has 13 nitrogen and oxygen atoms in total. The van der Waals surface area contributed by atoms with Gasteiger partial charge in [-0.2, -0.15) is 9.97 Å². The predicted molar refractivity (Wildman–Crippen MR) is 106 cm³/mol. The number of anilines is 1. The molecule has 2 aromatic heterocycles. The molecule has 172 valence electrons. The number of fused-ring (bicyclic) bond motifs is 1. The second-order valence-corrected chi connectivity index (χ2v) is 7.22. The van der Waals surface area contributed by atoms with Gasteiger partial charge in [-0.15, -0.1) is 0 Å². The highest BCUT2D eigenvalue weighted by molar-refractivity contribution is 6.33. The molecule has 1 amide bonds. The Morgan fingerprint density at radius 2 is 1.72 bits per heavy atom. The van der Waals surface area contributed by atoms with Crippen LogP contribution in [0.2, 0.25) is 5.15 Å². The van der Waals surface area contributed by atoms with Crippen LogP contribution in [-0.4, -0.2) is 68.3 Å². The minimum absolute atomic E-state index is 0.0347. The number of rotatable bonds is 6. The number of imidazole rings is 1. The first-order chi connectivity index (χ1) is 15.1. The van der Waals surface area contributed by atoms with E-state index in [2.05, 4.69) is 20.3 Å². The average molecular weight is 470 g/mol. The summed E-state index contributed by atoms with van der Waals surface area (Å²) >= 11 is 6.17. The summed E-state index contributed by atoms with van der Waals surface area (Å²) < 4.78 is 23.1. The van der Waals surface area contributed by atoms with Crippen molar-refractivity contribution in [2.24, 2.45) is 0 Å². The van der Waals surface area contributed by atoms with Crippen LogP contribution in [0.1, 0.15) is 33.9 Å². The second kappa shape index (κ2) is 9.44. The van der Waals surface area contributed by atoms with E-state index >= 15 is 0 Å². The van der Waals surface area contributed by atoms with E-state index in [1.54, 1.807) is 0 Å². The summed E-state index contributed by atoms with van der Waals surface area (Å²) in [7, 11) is 0. The number of ether oxygens (including phenoxy) is 4. The lowest BCUT2D eigenvalue weighted by molar-refractivity contribution is -0.166. The minimum Gasteiger partial charge on any atom is -0.463 e. The lowest BCUT2D eigenvalue weighted by Gasteiger charge is -2.23. The smallest absolute Gasteiger partial charge is 0.303 e. The molecular weight excluding hydrogens is 450 g/mol. The van der Waals surface area contributed by atoms with Crippen molar-refractivity contribution in [3.8, 4) is 0 Å². The second-order valence-electron chi connectivity index (χ2n) is 6.86. The Balaban J connectivity index is 2.06. The Morgan fingerprint density at radius 1 is 1.06 bits per heavy atom. The largest absolute Gasteiger partial charge is 0.463 e.